The molecule has 0 aromatic heterocycles. The zero-order valence-electron chi connectivity index (χ0n) is 4.96. The lowest BCUT2D eigenvalue weighted by Gasteiger charge is -1.96. The molecule has 0 aromatic carbocycles. The lowest BCUT2D eigenvalue weighted by atomic mass is 10.1. The van der Waals surface area contributed by atoms with Crippen LogP contribution in [0, 0.1) is 5.92 Å². The molecular weight excluding hydrogens is 120 g/mol. The number of aliphatic carboxylic acids is 1. The molecule has 0 spiro atoms. The molecule has 3 nitrogen and oxygen atoms in total. The fraction of sp³-hybridized carbons (Fsp3) is 0.667. The summed E-state index contributed by atoms with van der Waals surface area (Å²) in [7, 11) is 0. The molecule has 0 unspecified atom stereocenters. The van der Waals surface area contributed by atoms with Crippen molar-refractivity contribution in [2.24, 2.45) is 5.92 Å². The van der Waals surface area contributed by atoms with Gasteiger partial charge in [0.25, 0.3) is 0 Å². The van der Waals surface area contributed by atoms with Crippen LogP contribution in [0.1, 0.15) is 19.3 Å². The summed E-state index contributed by atoms with van der Waals surface area (Å²) in [6, 6.07) is 0. The Hall–Kier alpha value is -0.860. The number of Topliss-reactive ketones (excluding diaryl/α,β-unsaturated/α-hetero) is 1. The highest BCUT2D eigenvalue weighted by atomic mass is 16.4. The summed E-state index contributed by atoms with van der Waals surface area (Å²) < 4.78 is 0. The molecule has 1 saturated carbocycles. The minimum Gasteiger partial charge on any atom is -0.481 e. The molecule has 0 aliphatic heterocycles. The van der Waals surface area contributed by atoms with Gasteiger partial charge in [-0.3, -0.25) is 9.59 Å². The Labute approximate surface area is 52.7 Å². The quantitative estimate of drug-likeness (QED) is 0.521. The lowest BCUT2D eigenvalue weighted by Crippen LogP contribution is -2.17. The monoisotopic (exact) mass is 128 g/mol. The minimum atomic E-state index is -0.961. The minimum absolute atomic E-state index is 0.109. The first-order valence-corrected chi connectivity index (χ1v) is 2.97. The van der Waals surface area contributed by atoms with Gasteiger partial charge in [0.2, 0.25) is 0 Å². The molecule has 9 heavy (non-hydrogen) atoms. The number of hydrogen-bond acceptors (Lipinski definition) is 2. The van der Waals surface area contributed by atoms with Crippen LogP contribution < -0.4 is 0 Å². The Morgan fingerprint density at radius 1 is 1.67 bits per heavy atom. The average molecular weight is 128 g/mol. The molecule has 1 aliphatic rings. The molecule has 0 aromatic rings. The van der Waals surface area contributed by atoms with Gasteiger partial charge in [0, 0.05) is 6.42 Å². The number of rotatable bonds is 1. The zero-order valence-corrected chi connectivity index (χ0v) is 4.96. The predicted octanol–water partition coefficient (Wildman–Crippen LogP) is 0.440. The highest BCUT2D eigenvalue weighted by Crippen LogP contribution is 2.20. The van der Waals surface area contributed by atoms with Crippen LogP contribution in [0.2, 0.25) is 0 Å². The van der Waals surface area contributed by atoms with Crippen molar-refractivity contribution in [1.29, 1.82) is 0 Å². The maximum Gasteiger partial charge on any atom is 0.314 e. The number of carboxylic acid groups (broad SMARTS) is 1. The van der Waals surface area contributed by atoms with Crippen molar-refractivity contribution in [1.82, 2.24) is 0 Å². The number of ketones is 1. The standard InChI is InChI=1S/C6H8O3/c7-5-3-1-2-4(5)6(8)9/h4H,1-3H2,(H,8,9)/t4-/m1/s1. The van der Waals surface area contributed by atoms with Gasteiger partial charge in [-0.25, -0.2) is 0 Å². The fourth-order valence-corrected chi connectivity index (χ4v) is 1.08. The van der Waals surface area contributed by atoms with E-state index in [0.717, 1.165) is 6.42 Å². The molecule has 1 N–H and O–H groups in total. The number of carboxylic acids is 1. The van der Waals surface area contributed by atoms with Gasteiger partial charge in [0.1, 0.15) is 11.7 Å². The Morgan fingerprint density at radius 2 is 2.33 bits per heavy atom. The second-order valence-electron chi connectivity index (χ2n) is 2.25. The van der Waals surface area contributed by atoms with Gasteiger partial charge in [0.05, 0.1) is 0 Å². The van der Waals surface area contributed by atoms with E-state index in [1.54, 1.807) is 0 Å². The van der Waals surface area contributed by atoms with Crippen LogP contribution in [0.3, 0.4) is 0 Å². The molecule has 50 valence electrons. The second-order valence-corrected chi connectivity index (χ2v) is 2.25. The van der Waals surface area contributed by atoms with Crippen LogP contribution in [0.15, 0.2) is 0 Å². The van der Waals surface area contributed by atoms with Crippen LogP contribution in [-0.2, 0) is 9.59 Å². The highest BCUT2D eigenvalue weighted by molar-refractivity contribution is 5.99. The van der Waals surface area contributed by atoms with E-state index in [1.807, 2.05) is 0 Å². The maximum absolute atomic E-state index is 10.6. The van der Waals surface area contributed by atoms with Crippen LogP contribution in [0.4, 0.5) is 0 Å². The van der Waals surface area contributed by atoms with Crippen molar-refractivity contribution in [3.05, 3.63) is 0 Å². The smallest absolute Gasteiger partial charge is 0.314 e. The van der Waals surface area contributed by atoms with Gasteiger partial charge < -0.3 is 5.11 Å². The number of carbonyl (C=O) groups excluding carboxylic acids is 1. The first kappa shape index (κ1) is 6.26. The second kappa shape index (κ2) is 2.17. The van der Waals surface area contributed by atoms with Crippen LogP contribution in [-0.4, -0.2) is 16.9 Å². The van der Waals surface area contributed by atoms with Crippen molar-refractivity contribution in [3.8, 4) is 0 Å². The van der Waals surface area contributed by atoms with Crippen molar-refractivity contribution < 1.29 is 14.7 Å². The molecule has 0 heterocycles. The fourth-order valence-electron chi connectivity index (χ4n) is 1.08. The molecule has 3 heteroatoms. The topological polar surface area (TPSA) is 54.4 Å². The summed E-state index contributed by atoms with van der Waals surface area (Å²) in [5.74, 6) is -1.76. The first-order chi connectivity index (χ1) is 4.22. The van der Waals surface area contributed by atoms with Gasteiger partial charge in [-0.1, -0.05) is 0 Å². The summed E-state index contributed by atoms with van der Waals surface area (Å²) in [6.45, 7) is 0. The van der Waals surface area contributed by atoms with E-state index in [1.165, 1.54) is 0 Å². The third-order valence-corrected chi connectivity index (χ3v) is 1.60. The van der Waals surface area contributed by atoms with Gasteiger partial charge in [-0.15, -0.1) is 0 Å². The molecule has 1 atom stereocenters. The van der Waals surface area contributed by atoms with Gasteiger partial charge in [-0.2, -0.15) is 0 Å². The molecular formula is C6H8O3. The Balaban J connectivity index is 2.60. The Bertz CT molecular complexity index is 150. The van der Waals surface area contributed by atoms with Gasteiger partial charge >= 0.3 is 5.97 Å². The van der Waals surface area contributed by atoms with Crippen molar-refractivity contribution >= 4 is 11.8 Å². The maximum atomic E-state index is 10.6. The van der Waals surface area contributed by atoms with E-state index in [0.29, 0.717) is 12.8 Å². The third kappa shape index (κ3) is 1.09. The molecule has 1 rings (SSSR count). The van der Waals surface area contributed by atoms with E-state index < -0.39 is 11.9 Å². The Morgan fingerprint density at radius 3 is 2.56 bits per heavy atom. The predicted molar refractivity (Wildman–Crippen MR) is 30.0 cm³/mol. The van der Waals surface area contributed by atoms with E-state index in [-0.39, 0.29) is 5.78 Å². The van der Waals surface area contributed by atoms with Crippen molar-refractivity contribution in [2.75, 3.05) is 0 Å². The average Bonchev–Trinajstić information content (AvgIpc) is 2.13. The summed E-state index contributed by atoms with van der Waals surface area (Å²) in [4.78, 5) is 20.8. The van der Waals surface area contributed by atoms with E-state index in [9.17, 15) is 9.59 Å². The summed E-state index contributed by atoms with van der Waals surface area (Å²) in [5, 5.41) is 8.36. The molecule has 0 saturated heterocycles. The molecule has 0 radical (unpaired) electrons. The first-order valence-electron chi connectivity index (χ1n) is 2.97. The molecule has 0 bridgehead atoms. The van der Waals surface area contributed by atoms with E-state index in [2.05, 4.69) is 0 Å². The molecule has 1 fully saturated rings. The summed E-state index contributed by atoms with van der Waals surface area (Å²) in [6.07, 6.45) is 1.74. The van der Waals surface area contributed by atoms with E-state index >= 15 is 0 Å². The largest absolute Gasteiger partial charge is 0.481 e. The number of carbonyl (C=O) groups is 2. The summed E-state index contributed by atoms with van der Waals surface area (Å²) in [5.41, 5.74) is 0. The normalized spacial score (nSPS) is 26.7. The van der Waals surface area contributed by atoms with Crippen molar-refractivity contribution in [2.45, 2.75) is 19.3 Å². The van der Waals surface area contributed by atoms with E-state index in [4.69, 9.17) is 5.11 Å². The SMILES string of the molecule is O=C(O)[C@@H]1CCCC1=O. The highest BCUT2D eigenvalue weighted by Gasteiger charge is 2.30. The van der Waals surface area contributed by atoms with Gasteiger partial charge in [-0.05, 0) is 12.8 Å². The zero-order chi connectivity index (χ0) is 6.85. The third-order valence-electron chi connectivity index (χ3n) is 1.60. The van der Waals surface area contributed by atoms with Crippen molar-refractivity contribution in [3.63, 3.8) is 0 Å². The summed E-state index contributed by atoms with van der Waals surface area (Å²) >= 11 is 0. The molecule has 1 aliphatic carbocycles. The van der Waals surface area contributed by atoms with Crippen LogP contribution in [0.5, 0.6) is 0 Å². The van der Waals surface area contributed by atoms with Gasteiger partial charge in [0.15, 0.2) is 0 Å². The number of hydrogen-bond donors (Lipinski definition) is 1. The Kier molecular flexibility index (Phi) is 1.51. The lowest BCUT2D eigenvalue weighted by molar-refractivity contribution is -0.144. The van der Waals surface area contributed by atoms with Crippen LogP contribution >= 0.6 is 0 Å². The molecule has 0 amide bonds. The van der Waals surface area contributed by atoms with Crippen LogP contribution in [0.25, 0.3) is 0 Å².